The van der Waals surface area contributed by atoms with Crippen LogP contribution in [0.25, 0.3) is 11.0 Å². The summed E-state index contributed by atoms with van der Waals surface area (Å²) < 4.78 is 11.2. The zero-order valence-corrected chi connectivity index (χ0v) is 15.3. The first-order valence-corrected chi connectivity index (χ1v) is 8.99. The van der Waals surface area contributed by atoms with Crippen molar-refractivity contribution in [2.24, 2.45) is 5.92 Å². The standard InChI is InChI=1S/C18H16Cl2N4O2/c19-13-7-12(1-3-15(13)26-9-11-5-6-25-8-11)23-18-17-14(21-10-22-18)2-4-16(20)24-17/h1-4,7,10-11H,5-6,8-9H2,(H,21,22,23)/t11-/m1/s1. The van der Waals surface area contributed by atoms with Crippen molar-refractivity contribution in [2.45, 2.75) is 6.42 Å². The van der Waals surface area contributed by atoms with Crippen molar-refractivity contribution in [3.05, 3.63) is 46.8 Å². The first-order chi connectivity index (χ1) is 12.7. The Morgan fingerprint density at radius 3 is 2.92 bits per heavy atom. The van der Waals surface area contributed by atoms with Crippen LogP contribution in [-0.4, -0.2) is 34.8 Å². The van der Waals surface area contributed by atoms with Gasteiger partial charge in [-0.25, -0.2) is 15.0 Å². The van der Waals surface area contributed by atoms with Crippen LogP contribution in [0.1, 0.15) is 6.42 Å². The van der Waals surface area contributed by atoms with Gasteiger partial charge in [-0.15, -0.1) is 0 Å². The Bertz CT molecular complexity index is 932. The molecule has 0 saturated carbocycles. The predicted molar refractivity (Wildman–Crippen MR) is 101 cm³/mol. The molecule has 0 unspecified atom stereocenters. The van der Waals surface area contributed by atoms with Crippen LogP contribution in [0.2, 0.25) is 10.2 Å². The van der Waals surface area contributed by atoms with Gasteiger partial charge >= 0.3 is 0 Å². The monoisotopic (exact) mass is 390 g/mol. The van der Waals surface area contributed by atoms with Gasteiger partial charge in [-0.05, 0) is 36.8 Å². The SMILES string of the molecule is Clc1ccc2ncnc(Nc3ccc(OC[C@@H]4CCOC4)c(Cl)c3)c2n1. The maximum Gasteiger partial charge on any atom is 0.160 e. The Balaban J connectivity index is 1.52. The minimum absolute atomic E-state index is 0.382. The summed E-state index contributed by atoms with van der Waals surface area (Å²) in [6.07, 6.45) is 2.50. The second-order valence-electron chi connectivity index (χ2n) is 6.03. The van der Waals surface area contributed by atoms with E-state index in [1.165, 1.54) is 6.33 Å². The molecule has 1 fully saturated rings. The molecule has 26 heavy (non-hydrogen) atoms. The van der Waals surface area contributed by atoms with Crippen LogP contribution in [0.3, 0.4) is 0 Å². The van der Waals surface area contributed by atoms with Crippen molar-refractivity contribution in [3.8, 4) is 5.75 Å². The Morgan fingerprint density at radius 2 is 2.12 bits per heavy atom. The van der Waals surface area contributed by atoms with E-state index in [4.69, 9.17) is 32.7 Å². The highest BCUT2D eigenvalue weighted by atomic mass is 35.5. The normalized spacial score (nSPS) is 16.8. The molecular weight excluding hydrogens is 375 g/mol. The van der Waals surface area contributed by atoms with Gasteiger partial charge in [0, 0.05) is 18.2 Å². The van der Waals surface area contributed by atoms with E-state index >= 15 is 0 Å². The van der Waals surface area contributed by atoms with E-state index in [1.807, 2.05) is 12.1 Å². The highest BCUT2D eigenvalue weighted by Gasteiger charge is 2.17. The van der Waals surface area contributed by atoms with Gasteiger partial charge in [0.2, 0.25) is 0 Å². The zero-order valence-electron chi connectivity index (χ0n) is 13.8. The Hall–Kier alpha value is -2.15. The molecule has 0 bridgehead atoms. The smallest absolute Gasteiger partial charge is 0.160 e. The molecule has 1 aliphatic heterocycles. The van der Waals surface area contributed by atoms with Crippen molar-refractivity contribution >= 4 is 45.7 Å². The second-order valence-corrected chi connectivity index (χ2v) is 6.83. The van der Waals surface area contributed by atoms with Crippen LogP contribution >= 0.6 is 23.2 Å². The number of halogens is 2. The molecular formula is C18H16Cl2N4O2. The maximum atomic E-state index is 6.36. The van der Waals surface area contributed by atoms with Crippen molar-refractivity contribution < 1.29 is 9.47 Å². The highest BCUT2D eigenvalue weighted by molar-refractivity contribution is 6.32. The van der Waals surface area contributed by atoms with Crippen molar-refractivity contribution in [1.82, 2.24) is 15.0 Å². The minimum Gasteiger partial charge on any atom is -0.492 e. The number of hydrogen-bond acceptors (Lipinski definition) is 6. The van der Waals surface area contributed by atoms with Crippen LogP contribution in [-0.2, 0) is 4.74 Å². The lowest BCUT2D eigenvalue weighted by molar-refractivity contribution is 0.167. The molecule has 6 nitrogen and oxygen atoms in total. The molecule has 0 amide bonds. The number of ether oxygens (including phenoxy) is 2. The molecule has 1 N–H and O–H groups in total. The van der Waals surface area contributed by atoms with E-state index in [0.717, 1.165) is 25.3 Å². The molecule has 1 atom stereocenters. The average molecular weight is 391 g/mol. The fraction of sp³-hybridized carbons (Fsp3) is 0.278. The van der Waals surface area contributed by atoms with Crippen LogP contribution in [0.4, 0.5) is 11.5 Å². The lowest BCUT2D eigenvalue weighted by Gasteiger charge is -2.13. The fourth-order valence-electron chi connectivity index (χ4n) is 2.76. The van der Waals surface area contributed by atoms with E-state index in [2.05, 4.69) is 20.3 Å². The van der Waals surface area contributed by atoms with Crippen molar-refractivity contribution in [1.29, 1.82) is 0 Å². The Morgan fingerprint density at radius 1 is 1.19 bits per heavy atom. The molecule has 3 aromatic rings. The summed E-state index contributed by atoms with van der Waals surface area (Å²) in [7, 11) is 0. The zero-order chi connectivity index (χ0) is 17.9. The molecule has 2 aromatic heterocycles. The van der Waals surface area contributed by atoms with Crippen LogP contribution < -0.4 is 10.1 Å². The number of rotatable bonds is 5. The first-order valence-electron chi connectivity index (χ1n) is 8.23. The van der Waals surface area contributed by atoms with E-state index in [9.17, 15) is 0 Å². The van der Waals surface area contributed by atoms with Gasteiger partial charge in [0.15, 0.2) is 5.82 Å². The third kappa shape index (κ3) is 3.82. The number of nitrogens with zero attached hydrogens (tertiary/aromatic N) is 3. The lowest BCUT2D eigenvalue weighted by atomic mass is 10.1. The van der Waals surface area contributed by atoms with Crippen LogP contribution in [0.5, 0.6) is 5.75 Å². The Labute approximate surface area is 160 Å². The van der Waals surface area contributed by atoms with E-state index in [-0.39, 0.29) is 0 Å². The third-order valence-electron chi connectivity index (χ3n) is 4.14. The topological polar surface area (TPSA) is 69.2 Å². The molecule has 8 heteroatoms. The summed E-state index contributed by atoms with van der Waals surface area (Å²) in [6, 6.07) is 9.00. The second kappa shape index (κ2) is 7.61. The summed E-state index contributed by atoms with van der Waals surface area (Å²) in [4.78, 5) is 12.7. The molecule has 1 saturated heterocycles. The fourth-order valence-corrected chi connectivity index (χ4v) is 3.15. The van der Waals surface area contributed by atoms with Crippen molar-refractivity contribution in [3.63, 3.8) is 0 Å². The molecule has 0 aliphatic carbocycles. The summed E-state index contributed by atoms with van der Waals surface area (Å²) in [5, 5.41) is 4.12. The maximum absolute atomic E-state index is 6.36. The molecule has 1 aliphatic rings. The van der Waals surface area contributed by atoms with Gasteiger partial charge < -0.3 is 14.8 Å². The summed E-state index contributed by atoms with van der Waals surface area (Å²) >= 11 is 12.3. The highest BCUT2D eigenvalue weighted by Crippen LogP contribution is 2.31. The van der Waals surface area contributed by atoms with E-state index in [1.54, 1.807) is 18.2 Å². The third-order valence-corrected chi connectivity index (χ3v) is 4.65. The molecule has 0 radical (unpaired) electrons. The average Bonchev–Trinajstić information content (AvgIpc) is 3.15. The first kappa shape index (κ1) is 17.3. The number of hydrogen-bond donors (Lipinski definition) is 1. The number of anilines is 2. The molecule has 0 spiro atoms. The summed E-state index contributed by atoms with van der Waals surface area (Å²) in [6.45, 7) is 2.15. The molecule has 1 aromatic carbocycles. The van der Waals surface area contributed by atoms with Gasteiger partial charge in [0.1, 0.15) is 22.7 Å². The largest absolute Gasteiger partial charge is 0.492 e. The van der Waals surface area contributed by atoms with Gasteiger partial charge in [-0.2, -0.15) is 0 Å². The van der Waals surface area contributed by atoms with Gasteiger partial charge in [-0.1, -0.05) is 23.2 Å². The van der Waals surface area contributed by atoms with Crippen LogP contribution in [0, 0.1) is 5.92 Å². The Kier molecular flexibility index (Phi) is 5.06. The lowest BCUT2D eigenvalue weighted by Crippen LogP contribution is -2.11. The number of fused-ring (bicyclic) bond motifs is 1. The minimum atomic E-state index is 0.382. The van der Waals surface area contributed by atoms with Gasteiger partial charge in [0.25, 0.3) is 0 Å². The van der Waals surface area contributed by atoms with E-state index < -0.39 is 0 Å². The van der Waals surface area contributed by atoms with Gasteiger partial charge in [0.05, 0.1) is 23.8 Å². The van der Waals surface area contributed by atoms with E-state index in [0.29, 0.717) is 45.3 Å². The van der Waals surface area contributed by atoms with Crippen LogP contribution in [0.15, 0.2) is 36.7 Å². The summed E-state index contributed by atoms with van der Waals surface area (Å²) in [5.41, 5.74) is 2.07. The summed E-state index contributed by atoms with van der Waals surface area (Å²) in [5.74, 6) is 1.63. The number of aromatic nitrogens is 3. The van der Waals surface area contributed by atoms with Crippen molar-refractivity contribution in [2.75, 3.05) is 25.1 Å². The number of benzene rings is 1. The van der Waals surface area contributed by atoms with Gasteiger partial charge in [-0.3, -0.25) is 0 Å². The predicted octanol–water partition coefficient (Wildman–Crippen LogP) is 4.49. The number of nitrogens with one attached hydrogen (secondary N) is 1. The molecule has 4 rings (SSSR count). The molecule has 134 valence electrons. The number of pyridine rings is 1. The molecule has 3 heterocycles. The quantitative estimate of drug-likeness (QED) is 0.647.